The summed E-state index contributed by atoms with van der Waals surface area (Å²) in [5.74, 6) is -2.67. The Bertz CT molecular complexity index is 686. The molecule has 0 heterocycles. The molecule has 9 heteroatoms. The van der Waals surface area contributed by atoms with Crippen LogP contribution < -0.4 is 5.32 Å². The third-order valence-corrected chi connectivity index (χ3v) is 4.77. The molecule has 2 unspecified atom stereocenters. The number of hydrogen-bond acceptors (Lipinski definition) is 4. The van der Waals surface area contributed by atoms with E-state index in [1.807, 2.05) is 6.92 Å². The average Bonchev–Trinajstić information content (AvgIpc) is 2.55. The molecule has 0 radical (unpaired) electrons. The van der Waals surface area contributed by atoms with Crippen molar-refractivity contribution >= 4 is 22.7 Å². The fourth-order valence-corrected chi connectivity index (χ4v) is 3.10. The summed E-state index contributed by atoms with van der Waals surface area (Å²) in [6, 6.07) is 6.86. The highest BCUT2D eigenvalue weighted by Gasteiger charge is 2.38. The lowest BCUT2D eigenvalue weighted by atomic mass is 10.2. The zero-order valence-electron chi connectivity index (χ0n) is 14.4. The molecule has 0 saturated heterocycles. The minimum absolute atomic E-state index is 0.0775. The van der Waals surface area contributed by atoms with Gasteiger partial charge in [0.2, 0.25) is 0 Å². The number of esters is 1. The molecule has 1 aromatic carbocycles. The normalized spacial score (nSPS) is 13.6. The number of nitrogens with one attached hydrogen (secondary N) is 1. The molecular formula is C17H20F3NO4S. The highest BCUT2D eigenvalue weighted by molar-refractivity contribution is 7.89. The maximum absolute atomic E-state index is 12.6. The number of rotatable bonds is 8. The monoisotopic (exact) mass is 391 g/mol. The summed E-state index contributed by atoms with van der Waals surface area (Å²) in [5.41, 5.74) is 0.980. The molecule has 1 amide bonds. The van der Waals surface area contributed by atoms with Gasteiger partial charge in [-0.1, -0.05) is 24.3 Å². The Hall–Kier alpha value is -2.16. The molecule has 0 aromatic heterocycles. The van der Waals surface area contributed by atoms with Gasteiger partial charge in [0.1, 0.15) is 6.10 Å². The lowest BCUT2D eigenvalue weighted by Gasteiger charge is -2.19. The van der Waals surface area contributed by atoms with Crippen LogP contribution in [0.25, 0.3) is 0 Å². The molecule has 0 saturated carbocycles. The lowest BCUT2D eigenvalue weighted by Crippen LogP contribution is -2.37. The topological polar surface area (TPSA) is 72.5 Å². The number of alkyl halides is 3. The van der Waals surface area contributed by atoms with Crippen molar-refractivity contribution in [2.24, 2.45) is 0 Å². The van der Waals surface area contributed by atoms with Crippen molar-refractivity contribution in [3.8, 4) is 0 Å². The van der Waals surface area contributed by atoms with E-state index in [-0.39, 0.29) is 24.3 Å². The van der Waals surface area contributed by atoms with Gasteiger partial charge in [0.05, 0.1) is 15.7 Å². The van der Waals surface area contributed by atoms with Crippen LogP contribution in [0.3, 0.4) is 0 Å². The van der Waals surface area contributed by atoms with Crippen LogP contribution in [0, 0.1) is 6.92 Å². The second kappa shape index (κ2) is 9.51. The molecule has 0 aliphatic rings. The Kier molecular flexibility index (Phi) is 8.01. The van der Waals surface area contributed by atoms with Crippen LogP contribution in [0.5, 0.6) is 0 Å². The number of carbonyl (C=O) groups is 2. The highest BCUT2D eigenvalue weighted by Crippen LogP contribution is 2.22. The van der Waals surface area contributed by atoms with Gasteiger partial charge in [-0.25, -0.2) is 4.21 Å². The molecule has 0 spiro atoms. The quantitative estimate of drug-likeness (QED) is 0.546. The molecule has 1 aromatic rings. The SMILES string of the molecule is C=C(C(CCCNC(=O)C(F)(F)F)OC(C)=O)S(=O)c1ccc(C)cc1. The molecule has 0 aliphatic heterocycles. The third kappa shape index (κ3) is 6.99. The Morgan fingerprint density at radius 2 is 1.85 bits per heavy atom. The smallest absolute Gasteiger partial charge is 0.457 e. The van der Waals surface area contributed by atoms with Gasteiger partial charge in [-0.15, -0.1) is 0 Å². The molecule has 0 fully saturated rings. The fourth-order valence-electron chi connectivity index (χ4n) is 2.01. The largest absolute Gasteiger partial charge is 0.471 e. The average molecular weight is 391 g/mol. The first-order valence-electron chi connectivity index (χ1n) is 7.72. The molecule has 2 atom stereocenters. The Balaban J connectivity index is 2.69. The van der Waals surface area contributed by atoms with Gasteiger partial charge in [-0.2, -0.15) is 13.2 Å². The van der Waals surface area contributed by atoms with Crippen molar-refractivity contribution in [1.29, 1.82) is 0 Å². The second-order valence-electron chi connectivity index (χ2n) is 5.54. The standard InChI is InChI=1S/C17H20F3NO4S/c1-11-6-8-14(9-7-11)26(24)12(2)15(25-13(3)22)5-4-10-21-16(23)17(18,19)20/h6-9,15H,2,4-5,10H2,1,3H3,(H,21,23). The van der Waals surface area contributed by atoms with Crippen LogP contribution in [0.4, 0.5) is 13.2 Å². The van der Waals surface area contributed by atoms with Crippen LogP contribution in [0.1, 0.15) is 25.3 Å². The minimum atomic E-state index is -4.95. The van der Waals surface area contributed by atoms with Crippen molar-refractivity contribution in [3.63, 3.8) is 0 Å². The Morgan fingerprint density at radius 1 is 1.27 bits per heavy atom. The van der Waals surface area contributed by atoms with Gasteiger partial charge in [-0.3, -0.25) is 9.59 Å². The van der Waals surface area contributed by atoms with Crippen LogP contribution in [0.15, 0.2) is 40.6 Å². The van der Waals surface area contributed by atoms with Crippen molar-refractivity contribution in [3.05, 3.63) is 41.3 Å². The molecule has 5 nitrogen and oxygen atoms in total. The number of aryl methyl sites for hydroxylation is 1. The van der Waals surface area contributed by atoms with Gasteiger partial charge in [-0.05, 0) is 31.9 Å². The molecule has 26 heavy (non-hydrogen) atoms. The zero-order valence-corrected chi connectivity index (χ0v) is 15.2. The van der Waals surface area contributed by atoms with E-state index < -0.39 is 35.0 Å². The number of carbonyl (C=O) groups excluding carboxylic acids is 2. The summed E-state index contributed by atoms with van der Waals surface area (Å²) in [4.78, 5) is 22.6. The first kappa shape index (κ1) is 21.9. The van der Waals surface area contributed by atoms with Gasteiger partial charge < -0.3 is 10.1 Å². The van der Waals surface area contributed by atoms with Crippen LogP contribution in [-0.4, -0.2) is 34.9 Å². The predicted molar refractivity (Wildman–Crippen MR) is 90.6 cm³/mol. The Morgan fingerprint density at radius 3 is 2.35 bits per heavy atom. The van der Waals surface area contributed by atoms with Crippen LogP contribution in [0.2, 0.25) is 0 Å². The van der Waals surface area contributed by atoms with Crippen molar-refractivity contribution in [1.82, 2.24) is 5.32 Å². The van der Waals surface area contributed by atoms with Gasteiger partial charge >= 0.3 is 18.1 Å². The molecule has 0 bridgehead atoms. The highest BCUT2D eigenvalue weighted by atomic mass is 32.2. The van der Waals surface area contributed by atoms with E-state index in [2.05, 4.69) is 6.58 Å². The van der Waals surface area contributed by atoms with E-state index in [0.717, 1.165) is 5.56 Å². The second-order valence-corrected chi connectivity index (χ2v) is 7.08. The minimum Gasteiger partial charge on any atom is -0.457 e. The summed E-state index contributed by atoms with van der Waals surface area (Å²) in [6.07, 6.45) is -5.72. The predicted octanol–water partition coefficient (Wildman–Crippen LogP) is 3.01. The van der Waals surface area contributed by atoms with E-state index in [0.29, 0.717) is 4.90 Å². The van der Waals surface area contributed by atoms with E-state index >= 15 is 0 Å². The number of benzene rings is 1. The van der Waals surface area contributed by atoms with Gasteiger partial charge in [0.15, 0.2) is 0 Å². The van der Waals surface area contributed by atoms with Crippen molar-refractivity contribution in [2.75, 3.05) is 6.54 Å². The summed E-state index contributed by atoms with van der Waals surface area (Å²) in [7, 11) is -1.65. The maximum atomic E-state index is 12.6. The van der Waals surface area contributed by atoms with Crippen molar-refractivity contribution < 1.29 is 31.7 Å². The fraction of sp³-hybridized carbons (Fsp3) is 0.412. The first-order valence-corrected chi connectivity index (χ1v) is 8.87. The summed E-state index contributed by atoms with van der Waals surface area (Å²) < 4.78 is 54.0. The van der Waals surface area contributed by atoms with Gasteiger partial charge in [0.25, 0.3) is 0 Å². The lowest BCUT2D eigenvalue weighted by molar-refractivity contribution is -0.173. The van der Waals surface area contributed by atoms with E-state index in [4.69, 9.17) is 4.74 Å². The van der Waals surface area contributed by atoms with Crippen LogP contribution in [-0.2, 0) is 25.1 Å². The zero-order chi connectivity index (χ0) is 19.9. The summed E-state index contributed by atoms with van der Waals surface area (Å²) in [5, 5.41) is 1.73. The number of hydrogen-bond donors (Lipinski definition) is 1. The number of halogens is 3. The molecular weight excluding hydrogens is 371 g/mol. The molecule has 1 rings (SSSR count). The molecule has 0 aliphatic carbocycles. The van der Waals surface area contributed by atoms with Crippen molar-refractivity contribution in [2.45, 2.75) is 43.9 Å². The molecule has 144 valence electrons. The number of amides is 1. The maximum Gasteiger partial charge on any atom is 0.471 e. The third-order valence-electron chi connectivity index (χ3n) is 3.33. The summed E-state index contributed by atoms with van der Waals surface area (Å²) in [6.45, 7) is 6.49. The van der Waals surface area contributed by atoms with Gasteiger partial charge in [0, 0.05) is 18.4 Å². The summed E-state index contributed by atoms with van der Waals surface area (Å²) >= 11 is 0. The molecule has 1 N–H and O–H groups in total. The van der Waals surface area contributed by atoms with Crippen LogP contribution >= 0.6 is 0 Å². The van der Waals surface area contributed by atoms with E-state index in [1.165, 1.54) is 6.92 Å². The van der Waals surface area contributed by atoms with E-state index in [1.54, 1.807) is 29.6 Å². The Labute approximate surface area is 152 Å². The van der Waals surface area contributed by atoms with E-state index in [9.17, 15) is 27.0 Å². The number of ether oxygens (including phenoxy) is 1. The first-order chi connectivity index (χ1) is 12.0.